The Morgan fingerprint density at radius 3 is 2.56 bits per heavy atom. The van der Waals surface area contributed by atoms with Crippen LogP contribution in [-0.4, -0.2) is 91.8 Å². The molecule has 13 nitrogen and oxygen atoms in total. The summed E-state index contributed by atoms with van der Waals surface area (Å²) in [6.07, 6.45) is -1.53. The zero-order valence-corrected chi connectivity index (χ0v) is 20.8. The van der Waals surface area contributed by atoms with Crippen LogP contribution in [0.5, 0.6) is 0 Å². The molecule has 8 unspecified atom stereocenters. The number of carbonyl (C=O) groups is 3. The summed E-state index contributed by atoms with van der Waals surface area (Å²) in [7, 11) is 0. The maximum absolute atomic E-state index is 13.3. The second-order valence-electron chi connectivity index (χ2n) is 9.75. The topological polar surface area (TPSA) is 210 Å². The number of aliphatic hydroxyl groups excluding tert-OH is 5. The maximum atomic E-state index is 13.3. The average Bonchev–Trinajstić information content (AvgIpc) is 2.94. The first-order valence-corrected chi connectivity index (χ1v) is 12.3. The standard InChI is InChI=1S/C26H30O13/c1-11-4-12(27)2-3-14(11)15-9-36-19-6-13(5-17(29)23(19)24(15)34)38-26-25(35)18(30)7-16(28)20(39-26)10-37-22(33)8-21(31)32/h2-6,9,11,14,16-18,20,23,25-30,35H,7-8,10H2,1H3,(H,31,32)/t11?,14?,16?,17?,18?,20?,23?,25?,26-/m1/s1. The van der Waals surface area contributed by atoms with Crippen LogP contribution in [0.4, 0.5) is 0 Å². The highest BCUT2D eigenvalue weighted by Crippen LogP contribution is 2.39. The van der Waals surface area contributed by atoms with Gasteiger partial charge in [-0.05, 0) is 24.1 Å². The summed E-state index contributed by atoms with van der Waals surface area (Å²) < 4.78 is 21.7. The second kappa shape index (κ2) is 11.7. The van der Waals surface area contributed by atoms with Crippen LogP contribution in [0.25, 0.3) is 0 Å². The Hall–Kier alpha value is -3.49. The molecule has 0 spiro atoms. The van der Waals surface area contributed by atoms with Gasteiger partial charge in [0.1, 0.15) is 48.4 Å². The molecule has 2 heterocycles. The van der Waals surface area contributed by atoms with Gasteiger partial charge in [0.25, 0.3) is 0 Å². The number of hydrogen-bond donors (Lipinski definition) is 6. The number of carboxylic acids is 1. The molecule has 0 radical (unpaired) electrons. The third kappa shape index (κ3) is 6.40. The lowest BCUT2D eigenvalue weighted by Crippen LogP contribution is -2.41. The molecule has 2 aliphatic heterocycles. The van der Waals surface area contributed by atoms with Gasteiger partial charge in [-0.3, -0.25) is 14.4 Å². The highest BCUT2D eigenvalue weighted by Gasteiger charge is 2.44. The van der Waals surface area contributed by atoms with E-state index in [0.29, 0.717) is 5.57 Å². The van der Waals surface area contributed by atoms with Gasteiger partial charge in [-0.15, -0.1) is 0 Å². The summed E-state index contributed by atoms with van der Waals surface area (Å²) in [5.41, 5.74) is 0.321. The molecular formula is C26H30O13. The number of hydrogen-bond acceptors (Lipinski definition) is 12. The lowest BCUT2D eigenvalue weighted by molar-refractivity contribution is -0.219. The molecule has 13 heteroatoms. The first-order chi connectivity index (χ1) is 18.4. The van der Waals surface area contributed by atoms with Crippen molar-refractivity contribution in [1.29, 1.82) is 0 Å². The van der Waals surface area contributed by atoms with Gasteiger partial charge in [-0.2, -0.15) is 0 Å². The van der Waals surface area contributed by atoms with E-state index in [9.17, 15) is 39.9 Å². The number of aliphatic carboxylic acids is 1. The fourth-order valence-corrected chi connectivity index (χ4v) is 4.78. The van der Waals surface area contributed by atoms with Crippen molar-refractivity contribution in [1.82, 2.24) is 0 Å². The molecule has 0 amide bonds. The largest absolute Gasteiger partial charge is 0.508 e. The van der Waals surface area contributed by atoms with Crippen molar-refractivity contribution < 1.29 is 64.0 Å². The van der Waals surface area contributed by atoms with Crippen molar-refractivity contribution in [2.75, 3.05) is 6.61 Å². The number of ketones is 1. The summed E-state index contributed by atoms with van der Waals surface area (Å²) >= 11 is 0. The fourth-order valence-electron chi connectivity index (χ4n) is 4.78. The van der Waals surface area contributed by atoms with Gasteiger partial charge >= 0.3 is 11.9 Å². The van der Waals surface area contributed by atoms with E-state index >= 15 is 0 Å². The number of allylic oxidation sites excluding steroid dienone is 5. The third-order valence-electron chi connectivity index (χ3n) is 6.84. The summed E-state index contributed by atoms with van der Waals surface area (Å²) in [4.78, 5) is 35.5. The van der Waals surface area contributed by atoms with Gasteiger partial charge in [0.15, 0.2) is 5.78 Å². The van der Waals surface area contributed by atoms with E-state index in [1.54, 1.807) is 12.2 Å². The van der Waals surface area contributed by atoms with Crippen molar-refractivity contribution in [3.8, 4) is 0 Å². The third-order valence-corrected chi connectivity index (χ3v) is 6.84. The van der Waals surface area contributed by atoms with E-state index < -0.39 is 67.7 Å². The zero-order chi connectivity index (χ0) is 28.4. The molecule has 1 fully saturated rings. The van der Waals surface area contributed by atoms with Crippen LogP contribution in [0.3, 0.4) is 0 Å². The van der Waals surface area contributed by atoms with Gasteiger partial charge in [0.05, 0.1) is 24.6 Å². The van der Waals surface area contributed by atoms with Crippen molar-refractivity contribution in [2.45, 2.75) is 56.6 Å². The minimum Gasteiger partial charge on any atom is -0.508 e. The summed E-state index contributed by atoms with van der Waals surface area (Å²) in [6, 6.07) is 0. The van der Waals surface area contributed by atoms with E-state index in [0.717, 1.165) is 0 Å². The maximum Gasteiger partial charge on any atom is 0.317 e. The number of Topliss-reactive ketones (excluding diaryl/α,β-unsaturated/α-hetero) is 1. The van der Waals surface area contributed by atoms with Gasteiger partial charge in [-0.25, -0.2) is 0 Å². The van der Waals surface area contributed by atoms with Crippen LogP contribution in [0.1, 0.15) is 19.8 Å². The van der Waals surface area contributed by atoms with E-state index in [1.807, 2.05) is 6.92 Å². The van der Waals surface area contributed by atoms with Crippen molar-refractivity contribution in [2.24, 2.45) is 17.8 Å². The van der Waals surface area contributed by atoms with Crippen LogP contribution in [0.15, 0.2) is 59.5 Å². The summed E-state index contributed by atoms with van der Waals surface area (Å²) in [5.74, 6) is -4.39. The monoisotopic (exact) mass is 550 g/mol. The van der Waals surface area contributed by atoms with E-state index in [2.05, 4.69) is 0 Å². The number of ether oxygens (including phenoxy) is 4. The lowest BCUT2D eigenvalue weighted by atomic mass is 9.76. The molecule has 0 bridgehead atoms. The molecule has 212 valence electrons. The van der Waals surface area contributed by atoms with Crippen LogP contribution in [-0.2, 0) is 33.3 Å². The first kappa shape index (κ1) is 28.5. The fraction of sp³-hybridized carbons (Fsp3) is 0.500. The Labute approximate surface area is 222 Å². The molecule has 0 aromatic rings. The molecule has 0 saturated carbocycles. The molecule has 2 aliphatic carbocycles. The Balaban J connectivity index is 1.47. The Bertz CT molecular complexity index is 1150. The normalized spacial score (nSPS) is 36.2. The lowest BCUT2D eigenvalue weighted by Gasteiger charge is -2.34. The van der Waals surface area contributed by atoms with E-state index in [-0.39, 0.29) is 41.3 Å². The van der Waals surface area contributed by atoms with Crippen molar-refractivity contribution in [3.05, 3.63) is 59.5 Å². The molecular weight excluding hydrogens is 520 g/mol. The van der Waals surface area contributed by atoms with Crippen LogP contribution < -0.4 is 0 Å². The minimum atomic E-state index is -1.67. The summed E-state index contributed by atoms with van der Waals surface area (Å²) in [6.45, 7) is 1.25. The first-order valence-electron chi connectivity index (χ1n) is 12.3. The second-order valence-corrected chi connectivity index (χ2v) is 9.75. The highest BCUT2D eigenvalue weighted by atomic mass is 16.7. The number of esters is 1. The van der Waals surface area contributed by atoms with Crippen LogP contribution >= 0.6 is 0 Å². The molecule has 39 heavy (non-hydrogen) atoms. The number of rotatable bonds is 7. The Morgan fingerprint density at radius 2 is 1.87 bits per heavy atom. The molecule has 1 saturated heterocycles. The molecule has 6 N–H and O–H groups in total. The van der Waals surface area contributed by atoms with Gasteiger partial charge in [0.2, 0.25) is 6.29 Å². The quantitative estimate of drug-likeness (QED) is 0.178. The van der Waals surface area contributed by atoms with Gasteiger partial charge < -0.3 is 49.6 Å². The predicted octanol–water partition coefficient (Wildman–Crippen LogP) is -0.276. The van der Waals surface area contributed by atoms with E-state index in [1.165, 1.54) is 24.5 Å². The predicted molar refractivity (Wildman–Crippen MR) is 128 cm³/mol. The zero-order valence-electron chi connectivity index (χ0n) is 20.8. The number of carbonyl (C=O) groups excluding carboxylic acids is 2. The van der Waals surface area contributed by atoms with Crippen molar-refractivity contribution in [3.63, 3.8) is 0 Å². The number of fused-ring (bicyclic) bond motifs is 1. The SMILES string of the molecule is CC1C=C(O)C=CC1C1=COC2=CC(O[C@@H]3OC(COC(=O)CC(=O)O)C(O)CC(O)C3O)=CC(O)C2C1=O. The Kier molecular flexibility index (Phi) is 8.57. The van der Waals surface area contributed by atoms with Crippen LogP contribution in [0, 0.1) is 17.8 Å². The van der Waals surface area contributed by atoms with Crippen LogP contribution in [0.2, 0.25) is 0 Å². The van der Waals surface area contributed by atoms with E-state index in [4.69, 9.17) is 24.1 Å². The molecule has 4 aliphatic rings. The highest BCUT2D eigenvalue weighted by molar-refractivity contribution is 6.01. The summed E-state index contributed by atoms with van der Waals surface area (Å²) in [5, 5.41) is 60.3. The van der Waals surface area contributed by atoms with Crippen molar-refractivity contribution >= 4 is 17.7 Å². The smallest absolute Gasteiger partial charge is 0.317 e. The minimum absolute atomic E-state index is 0.0635. The molecule has 4 rings (SSSR count). The van der Waals surface area contributed by atoms with Gasteiger partial charge in [0, 0.05) is 24.0 Å². The number of aliphatic hydroxyl groups is 5. The molecule has 0 aromatic heterocycles. The average molecular weight is 551 g/mol. The molecule has 0 aromatic carbocycles. The Morgan fingerprint density at radius 1 is 1.13 bits per heavy atom. The number of carboxylic acid groups (broad SMARTS) is 1. The van der Waals surface area contributed by atoms with Gasteiger partial charge in [-0.1, -0.05) is 13.0 Å². The molecule has 9 atom stereocenters.